The highest BCUT2D eigenvalue weighted by Gasteiger charge is 2.07. The van der Waals surface area contributed by atoms with Gasteiger partial charge in [0.1, 0.15) is 5.82 Å². The summed E-state index contributed by atoms with van der Waals surface area (Å²) in [5.41, 5.74) is 1.88. The van der Waals surface area contributed by atoms with Crippen molar-refractivity contribution in [2.75, 3.05) is 16.8 Å². The molecule has 0 heterocycles. The summed E-state index contributed by atoms with van der Waals surface area (Å²) in [4.78, 5) is 13.1. The molecule has 0 aliphatic carbocycles. The third-order valence-electron chi connectivity index (χ3n) is 2.88. The zero-order chi connectivity index (χ0) is 15.8. The highest BCUT2D eigenvalue weighted by atomic mass is 32.2. The number of hydrogen-bond donors (Lipinski definition) is 1. The molecule has 1 amide bonds. The summed E-state index contributed by atoms with van der Waals surface area (Å²) in [6, 6.07) is 14.2. The van der Waals surface area contributed by atoms with Crippen molar-refractivity contribution in [3.8, 4) is 0 Å². The van der Waals surface area contributed by atoms with Gasteiger partial charge in [-0.3, -0.25) is 4.79 Å². The first-order valence-electron chi connectivity index (χ1n) is 7.03. The molecule has 22 heavy (non-hydrogen) atoms. The van der Waals surface area contributed by atoms with Crippen LogP contribution in [-0.2, 0) is 10.5 Å². The molecule has 0 bridgehead atoms. The summed E-state index contributed by atoms with van der Waals surface area (Å²) < 4.78 is 12.8. The van der Waals surface area contributed by atoms with Crippen molar-refractivity contribution in [3.05, 3.63) is 59.9 Å². The minimum absolute atomic E-state index is 0.0173. The average molecular weight is 335 g/mol. The van der Waals surface area contributed by atoms with E-state index in [4.69, 9.17) is 0 Å². The summed E-state index contributed by atoms with van der Waals surface area (Å²) in [5.74, 6) is 1.78. The number of carbonyl (C=O) groups is 1. The van der Waals surface area contributed by atoms with Crippen molar-refractivity contribution in [1.82, 2.24) is 0 Å². The second kappa shape index (κ2) is 8.86. The molecule has 0 saturated heterocycles. The Morgan fingerprint density at radius 2 is 1.86 bits per heavy atom. The average Bonchev–Trinajstić information content (AvgIpc) is 2.51. The van der Waals surface area contributed by atoms with Gasteiger partial charge in [0.2, 0.25) is 5.91 Å². The number of hydrogen-bond acceptors (Lipinski definition) is 3. The van der Waals surface area contributed by atoms with Gasteiger partial charge < -0.3 is 5.32 Å². The van der Waals surface area contributed by atoms with Crippen LogP contribution in [-0.4, -0.2) is 17.4 Å². The number of carbonyl (C=O) groups excluding carboxylic acids is 1. The monoisotopic (exact) mass is 335 g/mol. The van der Waals surface area contributed by atoms with E-state index < -0.39 is 0 Å². The number of anilines is 1. The zero-order valence-electron chi connectivity index (χ0n) is 12.3. The molecule has 1 N–H and O–H groups in total. The van der Waals surface area contributed by atoms with Gasteiger partial charge in [-0.1, -0.05) is 31.2 Å². The van der Waals surface area contributed by atoms with Crippen LogP contribution in [0.1, 0.15) is 12.5 Å². The molecule has 0 aromatic heterocycles. The lowest BCUT2D eigenvalue weighted by Crippen LogP contribution is -2.14. The molecule has 5 heteroatoms. The lowest BCUT2D eigenvalue weighted by atomic mass is 10.2. The standard InChI is InChI=1S/C17H18FNOS2/c1-2-22-16-6-4-3-5-15(16)19-17(20)12-21-11-13-7-9-14(18)10-8-13/h3-10H,2,11-12H2,1H3,(H,19,20). The molecule has 0 saturated carbocycles. The molecular formula is C17H18FNOS2. The van der Waals surface area contributed by atoms with E-state index in [9.17, 15) is 9.18 Å². The Bertz CT molecular complexity index is 616. The maximum absolute atomic E-state index is 12.8. The normalized spacial score (nSPS) is 10.5. The maximum Gasteiger partial charge on any atom is 0.234 e. The fraction of sp³-hybridized carbons (Fsp3) is 0.235. The predicted octanol–water partition coefficient (Wildman–Crippen LogP) is 4.81. The molecule has 116 valence electrons. The quantitative estimate of drug-likeness (QED) is 0.736. The van der Waals surface area contributed by atoms with Gasteiger partial charge in [-0.25, -0.2) is 4.39 Å². The lowest BCUT2D eigenvalue weighted by Gasteiger charge is -2.10. The molecule has 0 aliphatic rings. The van der Waals surface area contributed by atoms with Crippen LogP contribution < -0.4 is 5.32 Å². The molecule has 2 aromatic carbocycles. The number of benzene rings is 2. The second-order valence-corrected chi connectivity index (χ2v) is 6.89. The molecule has 0 radical (unpaired) electrons. The van der Waals surface area contributed by atoms with Gasteiger partial charge in [0, 0.05) is 10.6 Å². The first-order valence-corrected chi connectivity index (χ1v) is 9.17. The Morgan fingerprint density at radius 1 is 1.14 bits per heavy atom. The van der Waals surface area contributed by atoms with E-state index in [1.807, 2.05) is 24.3 Å². The number of rotatable bonds is 7. The van der Waals surface area contributed by atoms with Crippen LogP contribution in [0.5, 0.6) is 0 Å². The molecule has 0 spiro atoms. The second-order valence-electron chi connectivity index (χ2n) is 4.60. The molecule has 0 fully saturated rings. The number of para-hydroxylation sites is 1. The molecule has 2 rings (SSSR count). The third kappa shape index (κ3) is 5.39. The fourth-order valence-electron chi connectivity index (χ4n) is 1.88. The van der Waals surface area contributed by atoms with Gasteiger partial charge in [0.05, 0.1) is 11.4 Å². The zero-order valence-corrected chi connectivity index (χ0v) is 14.0. The smallest absolute Gasteiger partial charge is 0.234 e. The van der Waals surface area contributed by atoms with E-state index >= 15 is 0 Å². The Labute approximate surface area is 138 Å². The summed E-state index contributed by atoms with van der Waals surface area (Å²) in [6.07, 6.45) is 0. The van der Waals surface area contributed by atoms with Gasteiger partial charge in [-0.2, -0.15) is 0 Å². The van der Waals surface area contributed by atoms with E-state index in [1.54, 1.807) is 23.9 Å². The van der Waals surface area contributed by atoms with E-state index in [2.05, 4.69) is 12.2 Å². The van der Waals surface area contributed by atoms with Gasteiger partial charge >= 0.3 is 0 Å². The summed E-state index contributed by atoms with van der Waals surface area (Å²) >= 11 is 3.23. The SMILES string of the molecule is CCSc1ccccc1NC(=O)CSCc1ccc(F)cc1. The van der Waals surface area contributed by atoms with E-state index in [0.717, 1.165) is 21.9 Å². The Kier molecular flexibility index (Phi) is 6.80. The van der Waals surface area contributed by atoms with Gasteiger partial charge in [-0.05, 0) is 35.6 Å². The molecule has 0 aliphatic heterocycles. The van der Waals surface area contributed by atoms with Gasteiger partial charge in [-0.15, -0.1) is 23.5 Å². The summed E-state index contributed by atoms with van der Waals surface area (Å²) in [7, 11) is 0. The number of amides is 1. The van der Waals surface area contributed by atoms with Crippen LogP contribution in [0.2, 0.25) is 0 Å². The van der Waals surface area contributed by atoms with Crippen LogP contribution in [0.25, 0.3) is 0 Å². The summed E-state index contributed by atoms with van der Waals surface area (Å²) in [6.45, 7) is 2.09. The van der Waals surface area contributed by atoms with Crippen LogP contribution in [0, 0.1) is 5.82 Å². The van der Waals surface area contributed by atoms with Crippen LogP contribution >= 0.6 is 23.5 Å². The van der Waals surface area contributed by atoms with Crippen molar-refractivity contribution in [2.45, 2.75) is 17.6 Å². The Balaban J connectivity index is 1.82. The fourth-order valence-corrected chi connectivity index (χ4v) is 3.43. The van der Waals surface area contributed by atoms with Crippen molar-refractivity contribution < 1.29 is 9.18 Å². The molecule has 2 aromatic rings. The third-order valence-corrected chi connectivity index (χ3v) is 4.84. The lowest BCUT2D eigenvalue weighted by molar-refractivity contribution is -0.113. The van der Waals surface area contributed by atoms with E-state index in [1.165, 1.54) is 23.9 Å². The number of halogens is 1. The van der Waals surface area contributed by atoms with Crippen LogP contribution in [0.15, 0.2) is 53.4 Å². The Hall–Kier alpha value is -1.46. The highest BCUT2D eigenvalue weighted by molar-refractivity contribution is 7.99. The van der Waals surface area contributed by atoms with Crippen molar-refractivity contribution in [2.24, 2.45) is 0 Å². The first-order chi connectivity index (χ1) is 10.7. The predicted molar refractivity (Wildman–Crippen MR) is 94.0 cm³/mol. The summed E-state index contributed by atoms with van der Waals surface area (Å²) in [5, 5.41) is 2.95. The largest absolute Gasteiger partial charge is 0.324 e. The number of nitrogens with one attached hydrogen (secondary N) is 1. The van der Waals surface area contributed by atoms with E-state index in [0.29, 0.717) is 11.5 Å². The maximum atomic E-state index is 12.8. The molecule has 0 unspecified atom stereocenters. The van der Waals surface area contributed by atoms with Crippen LogP contribution in [0.3, 0.4) is 0 Å². The minimum Gasteiger partial charge on any atom is -0.324 e. The number of thioether (sulfide) groups is 2. The van der Waals surface area contributed by atoms with Crippen molar-refractivity contribution in [1.29, 1.82) is 0 Å². The van der Waals surface area contributed by atoms with Crippen LogP contribution in [0.4, 0.5) is 10.1 Å². The molecule has 0 atom stereocenters. The Morgan fingerprint density at radius 3 is 2.59 bits per heavy atom. The van der Waals surface area contributed by atoms with Gasteiger partial charge in [0.25, 0.3) is 0 Å². The topological polar surface area (TPSA) is 29.1 Å². The minimum atomic E-state index is -0.239. The van der Waals surface area contributed by atoms with Crippen molar-refractivity contribution >= 4 is 35.1 Å². The first kappa shape index (κ1) is 16.9. The molecular weight excluding hydrogens is 317 g/mol. The van der Waals surface area contributed by atoms with Gasteiger partial charge in [0.15, 0.2) is 0 Å². The highest BCUT2D eigenvalue weighted by Crippen LogP contribution is 2.26. The van der Waals surface area contributed by atoms with Crippen molar-refractivity contribution in [3.63, 3.8) is 0 Å². The van der Waals surface area contributed by atoms with E-state index in [-0.39, 0.29) is 11.7 Å². The molecule has 2 nitrogen and oxygen atoms in total.